The monoisotopic (exact) mass is 275 g/mol. The first-order valence-corrected chi connectivity index (χ1v) is 7.34. The van der Waals surface area contributed by atoms with Crippen LogP contribution in [0.25, 0.3) is 0 Å². The molecule has 0 unspecified atom stereocenters. The second kappa shape index (κ2) is 6.40. The van der Waals surface area contributed by atoms with E-state index in [1.54, 1.807) is 0 Å². The van der Waals surface area contributed by atoms with E-state index >= 15 is 0 Å². The van der Waals surface area contributed by atoms with E-state index in [1.807, 2.05) is 18.2 Å². The Labute approximate surface area is 121 Å². The Kier molecular flexibility index (Phi) is 4.81. The molecule has 2 atom stereocenters. The van der Waals surface area contributed by atoms with Gasteiger partial charge in [0.2, 0.25) is 0 Å². The van der Waals surface area contributed by atoms with E-state index in [2.05, 4.69) is 26.0 Å². The van der Waals surface area contributed by atoms with Crippen LogP contribution in [0.3, 0.4) is 0 Å². The fraction of sp³-hybridized carbons (Fsp3) is 0.588. The first-order chi connectivity index (χ1) is 9.46. The van der Waals surface area contributed by atoms with E-state index in [-0.39, 0.29) is 17.9 Å². The van der Waals surface area contributed by atoms with Crippen LogP contribution in [-0.2, 0) is 16.0 Å². The molecule has 1 aliphatic rings. The van der Waals surface area contributed by atoms with Crippen LogP contribution >= 0.6 is 0 Å². The summed E-state index contributed by atoms with van der Waals surface area (Å²) in [4.78, 5) is 11.1. The Morgan fingerprint density at radius 2 is 2.10 bits per heavy atom. The van der Waals surface area contributed by atoms with Gasteiger partial charge in [0.25, 0.3) is 0 Å². The molecule has 0 bridgehead atoms. The van der Waals surface area contributed by atoms with Crippen LogP contribution in [0.4, 0.5) is 0 Å². The molecule has 0 spiro atoms. The Hall–Kier alpha value is -1.35. The standard InChI is InChI=1S/C17H24O3/c1-17(2)12-14(8-9-20-17)15(11-16(18)19)10-13-6-4-3-5-7-13/h3-7,14-15H,8-12H2,1-2H3,(H,18,19)/p-1/t14-,15-/m1/s1. The van der Waals surface area contributed by atoms with Gasteiger partial charge in [0, 0.05) is 12.6 Å². The fourth-order valence-corrected chi connectivity index (χ4v) is 3.22. The second-order valence-electron chi connectivity index (χ2n) is 6.39. The highest BCUT2D eigenvalue weighted by molar-refractivity contribution is 5.64. The molecule has 1 aromatic carbocycles. The van der Waals surface area contributed by atoms with E-state index < -0.39 is 5.97 Å². The van der Waals surface area contributed by atoms with Crippen LogP contribution in [0, 0.1) is 11.8 Å². The Morgan fingerprint density at radius 1 is 1.40 bits per heavy atom. The molecule has 2 rings (SSSR count). The van der Waals surface area contributed by atoms with Gasteiger partial charge in [-0.15, -0.1) is 0 Å². The first kappa shape index (κ1) is 15.0. The molecular weight excluding hydrogens is 252 g/mol. The molecule has 110 valence electrons. The molecule has 1 aliphatic heterocycles. The molecule has 20 heavy (non-hydrogen) atoms. The second-order valence-corrected chi connectivity index (χ2v) is 6.39. The van der Waals surface area contributed by atoms with E-state index in [0.29, 0.717) is 5.92 Å². The minimum atomic E-state index is -0.949. The lowest BCUT2D eigenvalue weighted by Gasteiger charge is -2.39. The zero-order valence-corrected chi connectivity index (χ0v) is 12.3. The van der Waals surface area contributed by atoms with Crippen molar-refractivity contribution in [1.82, 2.24) is 0 Å². The lowest BCUT2D eigenvalue weighted by atomic mass is 9.76. The van der Waals surface area contributed by atoms with Crippen LogP contribution in [0.5, 0.6) is 0 Å². The van der Waals surface area contributed by atoms with E-state index in [0.717, 1.165) is 25.9 Å². The molecule has 3 nitrogen and oxygen atoms in total. The van der Waals surface area contributed by atoms with Crippen LogP contribution in [0.1, 0.15) is 38.7 Å². The van der Waals surface area contributed by atoms with Crippen LogP contribution in [0.15, 0.2) is 30.3 Å². The molecule has 1 fully saturated rings. The number of hydrogen-bond acceptors (Lipinski definition) is 3. The lowest BCUT2D eigenvalue weighted by molar-refractivity contribution is -0.307. The average Bonchev–Trinajstić information content (AvgIpc) is 2.37. The molecule has 1 saturated heterocycles. The molecule has 0 N–H and O–H groups in total. The third-order valence-corrected chi connectivity index (χ3v) is 4.17. The third-order valence-electron chi connectivity index (χ3n) is 4.17. The molecule has 1 aromatic rings. The van der Waals surface area contributed by atoms with Gasteiger partial charge in [-0.1, -0.05) is 30.3 Å². The number of hydrogen-bond donors (Lipinski definition) is 0. The van der Waals surface area contributed by atoms with Gasteiger partial charge in [-0.3, -0.25) is 0 Å². The van der Waals surface area contributed by atoms with Crippen molar-refractivity contribution in [2.75, 3.05) is 6.61 Å². The van der Waals surface area contributed by atoms with Gasteiger partial charge >= 0.3 is 0 Å². The normalized spacial score (nSPS) is 23.2. The number of benzene rings is 1. The summed E-state index contributed by atoms with van der Waals surface area (Å²) in [6, 6.07) is 10.1. The molecule has 0 saturated carbocycles. The van der Waals surface area contributed by atoms with Gasteiger partial charge in [-0.05, 0) is 56.9 Å². The molecular formula is C17H23O3-. The van der Waals surface area contributed by atoms with Crippen molar-refractivity contribution in [2.45, 2.75) is 45.1 Å². The summed E-state index contributed by atoms with van der Waals surface area (Å²) in [6.07, 6.45) is 2.79. The van der Waals surface area contributed by atoms with Crippen molar-refractivity contribution in [3.63, 3.8) is 0 Å². The Balaban J connectivity index is 2.08. The van der Waals surface area contributed by atoms with Crippen molar-refractivity contribution in [3.05, 3.63) is 35.9 Å². The summed E-state index contributed by atoms with van der Waals surface area (Å²) >= 11 is 0. The predicted octanol–water partition coefficient (Wildman–Crippen LogP) is 2.19. The van der Waals surface area contributed by atoms with Crippen molar-refractivity contribution >= 4 is 5.97 Å². The quantitative estimate of drug-likeness (QED) is 0.827. The maximum atomic E-state index is 11.1. The number of carbonyl (C=O) groups excluding carboxylic acids is 1. The molecule has 0 radical (unpaired) electrons. The molecule has 3 heteroatoms. The maximum absolute atomic E-state index is 11.1. The van der Waals surface area contributed by atoms with E-state index in [1.165, 1.54) is 5.56 Å². The SMILES string of the molecule is CC1(C)C[C@H]([C@@H](CC(=O)[O-])Cc2ccccc2)CCO1. The molecule has 0 amide bonds. The number of aliphatic carboxylic acids is 1. The predicted molar refractivity (Wildman–Crippen MR) is 76.0 cm³/mol. The van der Waals surface area contributed by atoms with Gasteiger partial charge in [0.05, 0.1) is 5.60 Å². The number of ether oxygens (including phenoxy) is 1. The van der Waals surface area contributed by atoms with Crippen LogP contribution < -0.4 is 5.11 Å². The molecule has 1 heterocycles. The molecule has 0 aromatic heterocycles. The largest absolute Gasteiger partial charge is 0.550 e. The van der Waals surface area contributed by atoms with Gasteiger partial charge in [0.15, 0.2) is 0 Å². The average molecular weight is 275 g/mol. The van der Waals surface area contributed by atoms with Gasteiger partial charge in [-0.2, -0.15) is 0 Å². The maximum Gasteiger partial charge on any atom is 0.0629 e. The fourth-order valence-electron chi connectivity index (χ4n) is 3.22. The zero-order chi connectivity index (χ0) is 14.6. The topological polar surface area (TPSA) is 49.4 Å². The Bertz CT molecular complexity index is 439. The zero-order valence-electron chi connectivity index (χ0n) is 12.3. The highest BCUT2D eigenvalue weighted by Gasteiger charge is 2.33. The summed E-state index contributed by atoms with van der Waals surface area (Å²) < 4.78 is 5.74. The van der Waals surface area contributed by atoms with Gasteiger partial charge in [-0.25, -0.2) is 0 Å². The number of carboxylic acids is 1. The summed E-state index contributed by atoms with van der Waals surface area (Å²) in [5, 5.41) is 11.1. The van der Waals surface area contributed by atoms with Crippen molar-refractivity contribution in [3.8, 4) is 0 Å². The molecule has 0 aliphatic carbocycles. The number of carbonyl (C=O) groups is 1. The van der Waals surface area contributed by atoms with Crippen LogP contribution in [0.2, 0.25) is 0 Å². The minimum Gasteiger partial charge on any atom is -0.550 e. The summed E-state index contributed by atoms with van der Waals surface area (Å²) in [7, 11) is 0. The highest BCUT2D eigenvalue weighted by atomic mass is 16.5. The highest BCUT2D eigenvalue weighted by Crippen LogP contribution is 2.36. The summed E-state index contributed by atoms with van der Waals surface area (Å²) in [5.41, 5.74) is 1.05. The third kappa shape index (κ3) is 4.34. The minimum absolute atomic E-state index is 0.130. The lowest BCUT2D eigenvalue weighted by Crippen LogP contribution is -2.39. The van der Waals surface area contributed by atoms with Gasteiger partial charge in [0.1, 0.15) is 0 Å². The van der Waals surface area contributed by atoms with E-state index in [9.17, 15) is 9.90 Å². The number of carboxylic acid groups (broad SMARTS) is 1. The van der Waals surface area contributed by atoms with Crippen molar-refractivity contribution < 1.29 is 14.6 Å². The van der Waals surface area contributed by atoms with Gasteiger partial charge < -0.3 is 14.6 Å². The Morgan fingerprint density at radius 3 is 2.70 bits per heavy atom. The summed E-state index contributed by atoms with van der Waals surface area (Å²) in [6.45, 7) is 4.88. The van der Waals surface area contributed by atoms with E-state index in [4.69, 9.17) is 4.74 Å². The van der Waals surface area contributed by atoms with Crippen molar-refractivity contribution in [2.24, 2.45) is 11.8 Å². The summed E-state index contributed by atoms with van der Waals surface area (Å²) in [5.74, 6) is -0.433. The smallest absolute Gasteiger partial charge is 0.0629 e. The number of rotatable bonds is 5. The van der Waals surface area contributed by atoms with Crippen molar-refractivity contribution in [1.29, 1.82) is 0 Å². The van der Waals surface area contributed by atoms with Crippen LogP contribution in [-0.4, -0.2) is 18.2 Å². The first-order valence-electron chi connectivity index (χ1n) is 7.34.